The van der Waals surface area contributed by atoms with Gasteiger partial charge in [-0.05, 0) is 38.8 Å². The van der Waals surface area contributed by atoms with Gasteiger partial charge < -0.3 is 10.2 Å². The lowest BCUT2D eigenvalue weighted by Gasteiger charge is -2.34. The number of thiazole rings is 1. The Morgan fingerprint density at radius 2 is 2.26 bits per heavy atom. The molecular formula is C17H22N4OS. The van der Waals surface area contributed by atoms with E-state index in [0.717, 1.165) is 48.1 Å². The maximum atomic E-state index is 12.2. The number of pyridine rings is 1. The number of piperidine rings is 1. The summed E-state index contributed by atoms with van der Waals surface area (Å²) in [5, 5.41) is 6.11. The van der Waals surface area contributed by atoms with Gasteiger partial charge in [0.25, 0.3) is 0 Å². The lowest BCUT2D eigenvalue weighted by atomic mass is 10.1. The standard InChI is InChI=1S/C17H22N4OS/c1-12-5-3-7-16(18-12)21-8-4-6-14(10-21)20-17(22)9-15-11-23-13(2)19-15/h3,5,7,11,14H,4,6,8-10H2,1-2H3,(H,20,22)/t14-/m0/s1. The van der Waals surface area contributed by atoms with E-state index in [2.05, 4.69) is 20.2 Å². The molecule has 1 saturated heterocycles. The first kappa shape index (κ1) is 15.9. The van der Waals surface area contributed by atoms with Crippen molar-refractivity contribution in [1.29, 1.82) is 0 Å². The van der Waals surface area contributed by atoms with Crippen LogP contribution in [0.5, 0.6) is 0 Å². The molecule has 1 aliphatic rings. The highest BCUT2D eigenvalue weighted by Crippen LogP contribution is 2.18. The van der Waals surface area contributed by atoms with Gasteiger partial charge in [-0.3, -0.25) is 4.79 Å². The summed E-state index contributed by atoms with van der Waals surface area (Å²) < 4.78 is 0. The third-order valence-electron chi connectivity index (χ3n) is 3.99. The Hall–Kier alpha value is -1.95. The van der Waals surface area contributed by atoms with Gasteiger partial charge in [0.05, 0.1) is 17.1 Å². The van der Waals surface area contributed by atoms with Crippen molar-refractivity contribution in [3.63, 3.8) is 0 Å². The zero-order valence-electron chi connectivity index (χ0n) is 13.6. The number of anilines is 1. The van der Waals surface area contributed by atoms with E-state index in [4.69, 9.17) is 0 Å². The first-order chi connectivity index (χ1) is 11.1. The van der Waals surface area contributed by atoms with Crippen LogP contribution in [0.15, 0.2) is 23.6 Å². The van der Waals surface area contributed by atoms with E-state index in [0.29, 0.717) is 6.42 Å². The molecule has 2 aromatic rings. The summed E-state index contributed by atoms with van der Waals surface area (Å²) in [7, 11) is 0. The van der Waals surface area contributed by atoms with Gasteiger partial charge in [-0.1, -0.05) is 6.07 Å². The van der Waals surface area contributed by atoms with Crippen LogP contribution in [0.3, 0.4) is 0 Å². The van der Waals surface area contributed by atoms with Crippen molar-refractivity contribution in [3.05, 3.63) is 40.0 Å². The molecule has 23 heavy (non-hydrogen) atoms. The van der Waals surface area contributed by atoms with Crippen molar-refractivity contribution in [1.82, 2.24) is 15.3 Å². The second-order valence-corrected chi connectivity index (χ2v) is 7.09. The van der Waals surface area contributed by atoms with Crippen LogP contribution in [-0.2, 0) is 11.2 Å². The molecule has 1 fully saturated rings. The van der Waals surface area contributed by atoms with Crippen molar-refractivity contribution >= 4 is 23.1 Å². The van der Waals surface area contributed by atoms with Crippen LogP contribution in [0, 0.1) is 13.8 Å². The largest absolute Gasteiger partial charge is 0.355 e. The lowest BCUT2D eigenvalue weighted by molar-refractivity contribution is -0.121. The minimum atomic E-state index is 0.0550. The molecule has 6 heteroatoms. The van der Waals surface area contributed by atoms with Crippen LogP contribution in [0.2, 0.25) is 0 Å². The number of carbonyl (C=O) groups excluding carboxylic acids is 1. The second kappa shape index (κ2) is 7.08. The van der Waals surface area contributed by atoms with Crippen molar-refractivity contribution in [3.8, 4) is 0 Å². The van der Waals surface area contributed by atoms with Crippen molar-refractivity contribution in [2.45, 2.75) is 39.2 Å². The maximum Gasteiger partial charge on any atom is 0.226 e. The minimum absolute atomic E-state index is 0.0550. The molecule has 3 rings (SSSR count). The number of rotatable bonds is 4. The summed E-state index contributed by atoms with van der Waals surface area (Å²) in [5.74, 6) is 1.05. The first-order valence-electron chi connectivity index (χ1n) is 7.99. The van der Waals surface area contributed by atoms with E-state index in [9.17, 15) is 4.79 Å². The molecule has 0 aliphatic carbocycles. The molecule has 1 N–H and O–H groups in total. The van der Waals surface area contributed by atoms with Crippen LogP contribution < -0.4 is 10.2 Å². The fourth-order valence-corrected chi connectivity index (χ4v) is 3.55. The molecule has 0 bridgehead atoms. The zero-order chi connectivity index (χ0) is 16.2. The fourth-order valence-electron chi connectivity index (χ4n) is 2.94. The van der Waals surface area contributed by atoms with Crippen LogP contribution in [0.4, 0.5) is 5.82 Å². The van der Waals surface area contributed by atoms with Crippen LogP contribution in [-0.4, -0.2) is 35.0 Å². The summed E-state index contributed by atoms with van der Waals surface area (Å²) in [5.41, 5.74) is 1.88. The van der Waals surface area contributed by atoms with E-state index in [1.54, 1.807) is 11.3 Å². The summed E-state index contributed by atoms with van der Waals surface area (Å²) in [6.07, 6.45) is 2.45. The Morgan fingerprint density at radius 3 is 3.00 bits per heavy atom. The SMILES string of the molecule is Cc1cccc(N2CCC[C@H](NC(=O)Cc3csc(C)n3)C2)n1. The summed E-state index contributed by atoms with van der Waals surface area (Å²) in [4.78, 5) is 23.4. The highest BCUT2D eigenvalue weighted by Gasteiger charge is 2.22. The van der Waals surface area contributed by atoms with Crippen LogP contribution >= 0.6 is 11.3 Å². The normalized spacial score (nSPS) is 18.0. The van der Waals surface area contributed by atoms with E-state index >= 15 is 0 Å². The number of nitrogens with one attached hydrogen (secondary N) is 1. The predicted molar refractivity (Wildman–Crippen MR) is 92.9 cm³/mol. The summed E-state index contributed by atoms with van der Waals surface area (Å²) >= 11 is 1.58. The Bertz CT molecular complexity index is 685. The number of aromatic nitrogens is 2. The molecule has 122 valence electrons. The zero-order valence-corrected chi connectivity index (χ0v) is 14.4. The first-order valence-corrected chi connectivity index (χ1v) is 8.87. The van der Waals surface area contributed by atoms with E-state index in [-0.39, 0.29) is 11.9 Å². The molecule has 1 amide bonds. The van der Waals surface area contributed by atoms with Crippen molar-refractivity contribution in [2.75, 3.05) is 18.0 Å². The number of nitrogens with zero attached hydrogens (tertiary/aromatic N) is 3. The fraction of sp³-hybridized carbons (Fsp3) is 0.471. The molecule has 0 aromatic carbocycles. The van der Waals surface area contributed by atoms with Gasteiger partial charge in [0, 0.05) is 30.2 Å². The topological polar surface area (TPSA) is 58.1 Å². The molecule has 0 saturated carbocycles. The maximum absolute atomic E-state index is 12.2. The lowest BCUT2D eigenvalue weighted by Crippen LogP contribution is -2.48. The van der Waals surface area contributed by atoms with Gasteiger partial charge >= 0.3 is 0 Å². The van der Waals surface area contributed by atoms with Gasteiger partial charge in [0.15, 0.2) is 0 Å². The molecular weight excluding hydrogens is 308 g/mol. The van der Waals surface area contributed by atoms with Crippen LogP contribution in [0.1, 0.15) is 29.2 Å². The monoisotopic (exact) mass is 330 g/mol. The van der Waals surface area contributed by atoms with Gasteiger partial charge in [0.1, 0.15) is 5.82 Å². The molecule has 3 heterocycles. The number of hydrogen-bond acceptors (Lipinski definition) is 5. The Labute approximate surface area is 140 Å². The molecule has 5 nitrogen and oxygen atoms in total. The van der Waals surface area contributed by atoms with Gasteiger partial charge in [-0.25, -0.2) is 9.97 Å². The molecule has 1 atom stereocenters. The molecule has 0 radical (unpaired) electrons. The average Bonchev–Trinajstić information content (AvgIpc) is 2.92. The third-order valence-corrected chi connectivity index (χ3v) is 4.81. The molecule has 0 unspecified atom stereocenters. The Morgan fingerprint density at radius 1 is 1.39 bits per heavy atom. The number of carbonyl (C=O) groups is 1. The Kier molecular flexibility index (Phi) is 4.91. The molecule has 2 aromatic heterocycles. The molecule has 0 spiro atoms. The van der Waals surface area contributed by atoms with Gasteiger partial charge in [-0.15, -0.1) is 11.3 Å². The molecule has 1 aliphatic heterocycles. The van der Waals surface area contributed by atoms with E-state index < -0.39 is 0 Å². The predicted octanol–water partition coefficient (Wildman–Crippen LogP) is 2.48. The number of aryl methyl sites for hydroxylation is 2. The van der Waals surface area contributed by atoms with E-state index in [1.165, 1.54) is 0 Å². The second-order valence-electron chi connectivity index (χ2n) is 6.02. The smallest absolute Gasteiger partial charge is 0.226 e. The quantitative estimate of drug-likeness (QED) is 0.936. The van der Waals surface area contributed by atoms with Crippen LogP contribution in [0.25, 0.3) is 0 Å². The third kappa shape index (κ3) is 4.28. The summed E-state index contributed by atoms with van der Waals surface area (Å²) in [6.45, 7) is 5.77. The highest BCUT2D eigenvalue weighted by molar-refractivity contribution is 7.09. The number of hydrogen-bond donors (Lipinski definition) is 1. The van der Waals surface area contributed by atoms with E-state index in [1.807, 2.05) is 37.4 Å². The van der Waals surface area contributed by atoms with Gasteiger partial charge in [-0.2, -0.15) is 0 Å². The average molecular weight is 330 g/mol. The van der Waals surface area contributed by atoms with Gasteiger partial charge in [0.2, 0.25) is 5.91 Å². The van der Waals surface area contributed by atoms with Crippen molar-refractivity contribution in [2.24, 2.45) is 0 Å². The number of amides is 1. The highest BCUT2D eigenvalue weighted by atomic mass is 32.1. The Balaban J connectivity index is 1.57. The minimum Gasteiger partial charge on any atom is -0.355 e. The van der Waals surface area contributed by atoms with Crippen molar-refractivity contribution < 1.29 is 4.79 Å². The summed E-state index contributed by atoms with van der Waals surface area (Å²) in [6, 6.07) is 6.25.